The van der Waals surface area contributed by atoms with Gasteiger partial charge in [0.15, 0.2) is 0 Å². The summed E-state index contributed by atoms with van der Waals surface area (Å²) >= 11 is 1.65. The lowest BCUT2D eigenvalue weighted by atomic mass is 10.2. The number of nitrogens with zero attached hydrogens (tertiary/aromatic N) is 1. The zero-order valence-corrected chi connectivity index (χ0v) is 12.1. The second-order valence-corrected chi connectivity index (χ2v) is 4.82. The Morgan fingerprint density at radius 2 is 2.22 bits per heavy atom. The number of nitrogens with one attached hydrogen (secondary N) is 1. The minimum Gasteiger partial charge on any atom is -0.496 e. The molecule has 0 heterocycles. The predicted octanol–water partition coefficient (Wildman–Crippen LogP) is 1.59. The standard InChI is InChI=1S/C13H20N2O2S/c1-14-8-13(16)15(2)9-10-5-6-12(18-4)11(7-10)17-3/h5-7,14H,8-9H2,1-4H3. The number of methoxy groups -OCH3 is 1. The van der Waals surface area contributed by atoms with Crippen LogP contribution in [0.3, 0.4) is 0 Å². The van der Waals surface area contributed by atoms with E-state index in [9.17, 15) is 4.79 Å². The van der Waals surface area contributed by atoms with Crippen molar-refractivity contribution in [3.63, 3.8) is 0 Å². The highest BCUT2D eigenvalue weighted by atomic mass is 32.2. The Kier molecular flexibility index (Phi) is 6.01. The number of carbonyl (C=O) groups is 1. The zero-order chi connectivity index (χ0) is 13.5. The van der Waals surface area contributed by atoms with Crippen molar-refractivity contribution in [2.45, 2.75) is 11.4 Å². The van der Waals surface area contributed by atoms with Gasteiger partial charge >= 0.3 is 0 Å². The van der Waals surface area contributed by atoms with E-state index in [0.717, 1.165) is 16.2 Å². The Bertz CT molecular complexity index is 410. The number of ether oxygens (including phenoxy) is 1. The van der Waals surface area contributed by atoms with Crippen LogP contribution in [0.1, 0.15) is 5.56 Å². The monoisotopic (exact) mass is 268 g/mol. The van der Waals surface area contributed by atoms with E-state index in [1.807, 2.05) is 24.5 Å². The second kappa shape index (κ2) is 7.28. The maximum Gasteiger partial charge on any atom is 0.236 e. The van der Waals surface area contributed by atoms with Crippen LogP contribution in [-0.2, 0) is 11.3 Å². The van der Waals surface area contributed by atoms with Gasteiger partial charge in [-0.05, 0) is 31.0 Å². The van der Waals surface area contributed by atoms with Crippen LogP contribution in [0, 0.1) is 0 Å². The molecule has 1 aromatic rings. The third-order valence-corrected chi connectivity index (χ3v) is 3.40. The summed E-state index contributed by atoms with van der Waals surface area (Å²) in [4.78, 5) is 14.5. The van der Waals surface area contributed by atoms with Crippen molar-refractivity contribution < 1.29 is 9.53 Å². The molecule has 0 radical (unpaired) electrons. The quantitative estimate of drug-likeness (QED) is 0.796. The Balaban J connectivity index is 2.76. The number of amides is 1. The third kappa shape index (κ3) is 3.92. The molecule has 0 fully saturated rings. The van der Waals surface area contributed by atoms with E-state index in [4.69, 9.17) is 4.74 Å². The molecule has 0 aromatic heterocycles. The first-order valence-electron chi connectivity index (χ1n) is 5.71. The minimum absolute atomic E-state index is 0.0745. The van der Waals surface area contributed by atoms with Gasteiger partial charge < -0.3 is 15.0 Å². The third-order valence-electron chi connectivity index (χ3n) is 2.62. The van der Waals surface area contributed by atoms with Crippen LogP contribution in [0.2, 0.25) is 0 Å². The summed E-state index contributed by atoms with van der Waals surface area (Å²) in [5.74, 6) is 0.930. The molecule has 5 heteroatoms. The van der Waals surface area contributed by atoms with Gasteiger partial charge in [-0.25, -0.2) is 0 Å². The van der Waals surface area contributed by atoms with Crippen LogP contribution < -0.4 is 10.1 Å². The Morgan fingerprint density at radius 1 is 1.50 bits per heavy atom. The molecule has 18 heavy (non-hydrogen) atoms. The van der Waals surface area contributed by atoms with Crippen LogP contribution in [0.5, 0.6) is 5.75 Å². The lowest BCUT2D eigenvalue weighted by Gasteiger charge is -2.18. The first-order chi connectivity index (χ1) is 8.62. The van der Waals surface area contributed by atoms with Crippen molar-refractivity contribution in [3.05, 3.63) is 23.8 Å². The summed E-state index contributed by atoms with van der Waals surface area (Å²) < 4.78 is 5.33. The normalized spacial score (nSPS) is 10.2. The first kappa shape index (κ1) is 14.9. The zero-order valence-electron chi connectivity index (χ0n) is 11.3. The molecule has 1 aromatic carbocycles. The molecule has 0 saturated heterocycles. The average molecular weight is 268 g/mol. The highest BCUT2D eigenvalue weighted by Crippen LogP contribution is 2.28. The number of hydrogen-bond donors (Lipinski definition) is 1. The molecule has 0 saturated carbocycles. The topological polar surface area (TPSA) is 41.6 Å². The van der Waals surface area contributed by atoms with Crippen molar-refractivity contribution in [1.29, 1.82) is 0 Å². The molecular weight excluding hydrogens is 248 g/mol. The van der Waals surface area contributed by atoms with E-state index in [1.54, 1.807) is 37.9 Å². The number of benzene rings is 1. The van der Waals surface area contributed by atoms with Crippen LogP contribution in [0.25, 0.3) is 0 Å². The van der Waals surface area contributed by atoms with Gasteiger partial charge in [0.05, 0.1) is 13.7 Å². The molecular formula is C13H20N2O2S. The molecule has 0 bridgehead atoms. The Labute approximate surface area is 113 Å². The molecule has 1 N–H and O–H groups in total. The molecule has 100 valence electrons. The molecule has 0 aliphatic carbocycles. The van der Waals surface area contributed by atoms with Crippen LogP contribution in [-0.4, -0.2) is 44.8 Å². The maximum absolute atomic E-state index is 11.7. The van der Waals surface area contributed by atoms with Gasteiger partial charge in [-0.2, -0.15) is 0 Å². The molecule has 0 aliphatic heterocycles. The van der Waals surface area contributed by atoms with Crippen molar-refractivity contribution >= 4 is 17.7 Å². The first-order valence-corrected chi connectivity index (χ1v) is 6.94. The number of rotatable bonds is 6. The lowest BCUT2D eigenvalue weighted by molar-refractivity contribution is -0.129. The van der Waals surface area contributed by atoms with Gasteiger partial charge in [-0.15, -0.1) is 11.8 Å². The summed E-state index contributed by atoms with van der Waals surface area (Å²) in [6, 6.07) is 6.03. The highest BCUT2D eigenvalue weighted by Gasteiger charge is 2.09. The SMILES string of the molecule is CNCC(=O)N(C)Cc1ccc(SC)c(OC)c1. The second-order valence-electron chi connectivity index (χ2n) is 3.97. The van der Waals surface area contributed by atoms with Gasteiger partial charge in [0.25, 0.3) is 0 Å². The smallest absolute Gasteiger partial charge is 0.236 e. The maximum atomic E-state index is 11.7. The lowest BCUT2D eigenvalue weighted by Crippen LogP contribution is -2.33. The van der Waals surface area contributed by atoms with E-state index >= 15 is 0 Å². The summed E-state index contributed by atoms with van der Waals surface area (Å²) in [7, 11) is 5.23. The average Bonchev–Trinajstić information content (AvgIpc) is 2.38. The predicted molar refractivity (Wildman–Crippen MR) is 75.2 cm³/mol. The van der Waals surface area contributed by atoms with Gasteiger partial charge in [0.2, 0.25) is 5.91 Å². The summed E-state index contributed by atoms with van der Waals surface area (Å²) in [5.41, 5.74) is 1.07. The number of hydrogen-bond acceptors (Lipinski definition) is 4. The highest BCUT2D eigenvalue weighted by molar-refractivity contribution is 7.98. The van der Waals surface area contributed by atoms with Crippen molar-refractivity contribution in [2.75, 3.05) is 34.0 Å². The fourth-order valence-electron chi connectivity index (χ4n) is 1.63. The fourth-order valence-corrected chi connectivity index (χ4v) is 2.17. The van der Waals surface area contributed by atoms with Gasteiger partial charge in [0.1, 0.15) is 5.75 Å². The van der Waals surface area contributed by atoms with Crippen LogP contribution >= 0.6 is 11.8 Å². The van der Waals surface area contributed by atoms with E-state index in [1.165, 1.54) is 0 Å². The van der Waals surface area contributed by atoms with Gasteiger partial charge in [0, 0.05) is 18.5 Å². The molecule has 1 rings (SSSR count). The minimum atomic E-state index is 0.0745. The van der Waals surface area contributed by atoms with Crippen molar-refractivity contribution in [3.8, 4) is 5.75 Å². The van der Waals surface area contributed by atoms with Crippen LogP contribution in [0.15, 0.2) is 23.1 Å². The van der Waals surface area contributed by atoms with Crippen molar-refractivity contribution in [1.82, 2.24) is 10.2 Å². The molecule has 0 spiro atoms. The summed E-state index contributed by atoms with van der Waals surface area (Å²) in [6.45, 7) is 0.946. The van der Waals surface area contributed by atoms with Gasteiger partial charge in [-0.1, -0.05) is 6.07 Å². The van der Waals surface area contributed by atoms with E-state index in [-0.39, 0.29) is 5.91 Å². The number of likely N-dealkylation sites (N-methyl/N-ethyl adjacent to an activating group) is 2. The largest absolute Gasteiger partial charge is 0.496 e. The summed E-state index contributed by atoms with van der Waals surface area (Å²) in [5, 5.41) is 2.86. The van der Waals surface area contributed by atoms with E-state index in [0.29, 0.717) is 13.1 Å². The molecule has 4 nitrogen and oxygen atoms in total. The van der Waals surface area contributed by atoms with E-state index in [2.05, 4.69) is 5.32 Å². The fraction of sp³-hybridized carbons (Fsp3) is 0.462. The van der Waals surface area contributed by atoms with Gasteiger partial charge in [-0.3, -0.25) is 4.79 Å². The number of thioether (sulfide) groups is 1. The Morgan fingerprint density at radius 3 is 2.78 bits per heavy atom. The number of carbonyl (C=O) groups excluding carboxylic acids is 1. The van der Waals surface area contributed by atoms with Crippen molar-refractivity contribution in [2.24, 2.45) is 0 Å². The Hall–Kier alpha value is -1.20. The molecule has 0 aliphatic rings. The molecule has 1 amide bonds. The molecule has 0 unspecified atom stereocenters. The van der Waals surface area contributed by atoms with Crippen LogP contribution in [0.4, 0.5) is 0 Å². The molecule has 0 atom stereocenters. The summed E-state index contributed by atoms with van der Waals surface area (Å²) in [6.07, 6.45) is 2.01. The van der Waals surface area contributed by atoms with E-state index < -0.39 is 0 Å².